The summed E-state index contributed by atoms with van der Waals surface area (Å²) in [5.41, 5.74) is -0.781. The van der Waals surface area contributed by atoms with Gasteiger partial charge in [-0.3, -0.25) is 4.79 Å². The number of aromatic nitrogens is 2. The molecule has 2 aromatic rings. The van der Waals surface area contributed by atoms with Crippen LogP contribution in [0, 0.1) is 0 Å². The summed E-state index contributed by atoms with van der Waals surface area (Å²) in [6.45, 7) is 0.597. The van der Waals surface area contributed by atoms with Gasteiger partial charge in [0.2, 0.25) is 6.39 Å². The van der Waals surface area contributed by atoms with E-state index < -0.39 is 17.8 Å². The Morgan fingerprint density at radius 1 is 1.32 bits per heavy atom. The van der Waals surface area contributed by atoms with E-state index in [1.165, 1.54) is 17.0 Å². The van der Waals surface area contributed by atoms with Crippen molar-refractivity contribution in [1.82, 2.24) is 15.0 Å². The van der Waals surface area contributed by atoms with Gasteiger partial charge in [0.1, 0.15) is 11.8 Å². The Hall–Kier alpha value is -2.62. The van der Waals surface area contributed by atoms with Crippen LogP contribution in [0.4, 0.5) is 13.2 Å². The zero-order valence-corrected chi connectivity index (χ0v) is 12.9. The summed E-state index contributed by atoms with van der Waals surface area (Å²) < 4.78 is 52.9. The monoisotopic (exact) mass is 357 g/mol. The van der Waals surface area contributed by atoms with Gasteiger partial charge >= 0.3 is 6.18 Å². The van der Waals surface area contributed by atoms with Crippen molar-refractivity contribution in [3.63, 3.8) is 0 Å². The molecule has 0 unspecified atom stereocenters. The highest BCUT2D eigenvalue weighted by Gasteiger charge is 2.32. The lowest BCUT2D eigenvalue weighted by atomic mass is 10.2. The number of carbonyl (C=O) groups is 1. The Morgan fingerprint density at radius 3 is 2.72 bits per heavy atom. The van der Waals surface area contributed by atoms with E-state index in [2.05, 4.69) is 14.7 Å². The van der Waals surface area contributed by atoms with E-state index in [0.717, 1.165) is 18.5 Å². The molecular weight excluding hydrogens is 343 g/mol. The van der Waals surface area contributed by atoms with Crippen LogP contribution in [0.1, 0.15) is 17.4 Å². The van der Waals surface area contributed by atoms with Gasteiger partial charge in [0.25, 0.3) is 5.91 Å². The number of rotatable bonds is 4. The highest BCUT2D eigenvalue weighted by Crippen LogP contribution is 2.30. The van der Waals surface area contributed by atoms with E-state index >= 15 is 0 Å². The van der Waals surface area contributed by atoms with Crippen molar-refractivity contribution in [2.24, 2.45) is 0 Å². The molecule has 3 rings (SSSR count). The van der Waals surface area contributed by atoms with Gasteiger partial charge in [-0.05, 0) is 24.3 Å². The van der Waals surface area contributed by atoms with Crippen LogP contribution in [0.5, 0.6) is 5.75 Å². The third kappa shape index (κ3) is 4.08. The van der Waals surface area contributed by atoms with Crippen molar-refractivity contribution < 1.29 is 32.0 Å². The molecule has 0 radical (unpaired) electrons. The number of alkyl halides is 3. The molecule has 0 N–H and O–H groups in total. The Kier molecular flexibility index (Phi) is 4.88. The number of hydrogen-bond acceptors (Lipinski definition) is 6. The second kappa shape index (κ2) is 7.09. The second-order valence-electron chi connectivity index (χ2n) is 5.28. The van der Waals surface area contributed by atoms with E-state index in [0.29, 0.717) is 19.0 Å². The molecule has 0 saturated carbocycles. The number of carbonyl (C=O) groups excluding carboxylic acids is 1. The van der Waals surface area contributed by atoms with Gasteiger partial charge in [-0.2, -0.15) is 18.2 Å². The van der Waals surface area contributed by atoms with Gasteiger partial charge in [-0.1, -0.05) is 5.16 Å². The first kappa shape index (κ1) is 17.2. The number of hydrogen-bond donors (Lipinski definition) is 0. The normalized spacial score (nSPS) is 18.2. The zero-order valence-electron chi connectivity index (χ0n) is 12.9. The van der Waals surface area contributed by atoms with Crippen LogP contribution in [0.2, 0.25) is 0 Å². The van der Waals surface area contributed by atoms with Crippen molar-refractivity contribution in [2.75, 3.05) is 26.4 Å². The highest BCUT2D eigenvalue weighted by atomic mass is 19.4. The number of halogens is 3. The van der Waals surface area contributed by atoms with E-state index in [-0.39, 0.29) is 24.9 Å². The van der Waals surface area contributed by atoms with Gasteiger partial charge in [-0.25, -0.2) is 0 Å². The van der Waals surface area contributed by atoms with Gasteiger partial charge in [-0.15, -0.1) is 0 Å². The first-order chi connectivity index (χ1) is 11.9. The van der Waals surface area contributed by atoms with Crippen molar-refractivity contribution >= 4 is 5.91 Å². The Morgan fingerprint density at radius 2 is 2.08 bits per heavy atom. The van der Waals surface area contributed by atoms with Gasteiger partial charge in [0, 0.05) is 6.54 Å². The Labute approximate surface area is 140 Å². The first-order valence-corrected chi connectivity index (χ1v) is 7.38. The molecule has 1 aliphatic heterocycles. The van der Waals surface area contributed by atoms with Crippen LogP contribution in [0.3, 0.4) is 0 Å². The predicted octanol–water partition coefficient (Wildman–Crippen LogP) is 2.07. The van der Waals surface area contributed by atoms with Crippen LogP contribution in [0.25, 0.3) is 0 Å². The standard InChI is InChI=1S/C15H14F3N3O4/c16-15(17,18)10-1-3-11(4-2-10)24-8-13(22)21-5-6-23-7-12(21)14-19-9-25-20-14/h1-4,9,12H,5-8H2/t12-/m0/s1. The van der Waals surface area contributed by atoms with Crippen LogP contribution in [-0.2, 0) is 15.7 Å². The minimum absolute atomic E-state index is 0.172. The van der Waals surface area contributed by atoms with Crippen LogP contribution < -0.4 is 4.74 Å². The molecule has 7 nitrogen and oxygen atoms in total. The van der Waals surface area contributed by atoms with E-state index in [4.69, 9.17) is 9.47 Å². The minimum Gasteiger partial charge on any atom is -0.484 e. The lowest BCUT2D eigenvalue weighted by Gasteiger charge is -2.33. The number of amides is 1. The second-order valence-corrected chi connectivity index (χ2v) is 5.28. The SMILES string of the molecule is O=C(COc1ccc(C(F)(F)F)cc1)N1CCOC[C@H]1c1ncon1. The summed E-state index contributed by atoms with van der Waals surface area (Å²) in [6, 6.07) is 3.65. The predicted molar refractivity (Wildman–Crippen MR) is 76.5 cm³/mol. The van der Waals surface area contributed by atoms with E-state index in [9.17, 15) is 18.0 Å². The molecule has 0 bridgehead atoms. The fourth-order valence-electron chi connectivity index (χ4n) is 2.41. The van der Waals surface area contributed by atoms with Crippen LogP contribution in [0.15, 0.2) is 35.2 Å². The molecule has 0 spiro atoms. The summed E-state index contributed by atoms with van der Waals surface area (Å²) in [7, 11) is 0. The zero-order chi connectivity index (χ0) is 17.9. The molecule has 1 atom stereocenters. The summed E-state index contributed by atoms with van der Waals surface area (Å²) in [5.74, 6) is 0.145. The Balaban J connectivity index is 1.61. The van der Waals surface area contributed by atoms with Gasteiger partial charge in [0.15, 0.2) is 12.4 Å². The molecule has 1 fully saturated rings. The molecular formula is C15H14F3N3O4. The molecule has 1 amide bonds. The third-order valence-corrected chi connectivity index (χ3v) is 3.67. The summed E-state index contributed by atoms with van der Waals surface area (Å²) in [6.07, 6.45) is -3.26. The van der Waals surface area contributed by atoms with Gasteiger partial charge < -0.3 is 18.9 Å². The quantitative estimate of drug-likeness (QED) is 0.834. The molecule has 1 aliphatic rings. The van der Waals surface area contributed by atoms with Crippen molar-refractivity contribution in [3.05, 3.63) is 42.0 Å². The summed E-state index contributed by atoms with van der Waals surface area (Å²) in [5, 5.41) is 3.72. The minimum atomic E-state index is -4.42. The molecule has 2 heterocycles. The van der Waals surface area contributed by atoms with Crippen LogP contribution >= 0.6 is 0 Å². The fraction of sp³-hybridized carbons (Fsp3) is 0.400. The molecule has 1 aromatic carbocycles. The molecule has 10 heteroatoms. The van der Waals surface area contributed by atoms with Crippen LogP contribution in [-0.4, -0.2) is 47.3 Å². The fourth-order valence-corrected chi connectivity index (χ4v) is 2.41. The maximum atomic E-state index is 12.5. The lowest BCUT2D eigenvalue weighted by molar-refractivity contribution is -0.143. The maximum absolute atomic E-state index is 12.5. The number of benzene rings is 1. The van der Waals surface area contributed by atoms with E-state index in [1.54, 1.807) is 0 Å². The largest absolute Gasteiger partial charge is 0.484 e. The summed E-state index contributed by atoms with van der Waals surface area (Å²) >= 11 is 0. The van der Waals surface area contributed by atoms with Crippen molar-refractivity contribution in [2.45, 2.75) is 12.2 Å². The molecule has 1 aromatic heterocycles. The Bertz CT molecular complexity index is 704. The number of morpholine rings is 1. The third-order valence-electron chi connectivity index (χ3n) is 3.67. The molecule has 0 aliphatic carbocycles. The average Bonchev–Trinajstić information content (AvgIpc) is 3.14. The average molecular weight is 357 g/mol. The molecule has 134 valence electrons. The maximum Gasteiger partial charge on any atom is 0.416 e. The molecule has 25 heavy (non-hydrogen) atoms. The van der Waals surface area contributed by atoms with Gasteiger partial charge in [0.05, 0.1) is 18.8 Å². The first-order valence-electron chi connectivity index (χ1n) is 7.38. The highest BCUT2D eigenvalue weighted by molar-refractivity contribution is 5.78. The van der Waals surface area contributed by atoms with Crippen molar-refractivity contribution in [1.29, 1.82) is 0 Å². The smallest absolute Gasteiger partial charge is 0.416 e. The molecule has 1 saturated heterocycles. The number of nitrogens with zero attached hydrogens (tertiary/aromatic N) is 3. The van der Waals surface area contributed by atoms with E-state index in [1.807, 2.05) is 0 Å². The topological polar surface area (TPSA) is 77.7 Å². The lowest BCUT2D eigenvalue weighted by Crippen LogP contribution is -2.45. The van der Waals surface area contributed by atoms with Crippen molar-refractivity contribution in [3.8, 4) is 5.75 Å². The number of ether oxygens (including phenoxy) is 2. The summed E-state index contributed by atoms with van der Waals surface area (Å²) in [4.78, 5) is 17.8.